The van der Waals surface area contributed by atoms with Crippen molar-refractivity contribution in [1.82, 2.24) is 0 Å². The third-order valence-electron chi connectivity index (χ3n) is 0.950. The Labute approximate surface area is 58.6 Å². The van der Waals surface area contributed by atoms with Crippen molar-refractivity contribution in [2.45, 2.75) is 12.5 Å². The van der Waals surface area contributed by atoms with Gasteiger partial charge in [-0.15, -0.1) is 0 Å². The van der Waals surface area contributed by atoms with Crippen LogP contribution in [-0.2, 0) is 4.79 Å². The van der Waals surface area contributed by atoms with Crippen molar-refractivity contribution in [1.29, 1.82) is 0 Å². The molecule has 0 spiro atoms. The van der Waals surface area contributed by atoms with Crippen molar-refractivity contribution in [3.05, 3.63) is 0 Å². The van der Waals surface area contributed by atoms with Crippen LogP contribution < -0.4 is 5.73 Å². The molecule has 0 fully saturated rings. The minimum atomic E-state index is -0.913. The fraction of sp³-hybridized carbons (Fsp3) is 0.800. The highest BCUT2D eigenvalue weighted by Crippen LogP contribution is 1.97. The van der Waals surface area contributed by atoms with Gasteiger partial charge >= 0.3 is 5.97 Å². The molecule has 9 heavy (non-hydrogen) atoms. The van der Waals surface area contributed by atoms with Gasteiger partial charge in [0.25, 0.3) is 0 Å². The highest BCUT2D eigenvalue weighted by molar-refractivity contribution is 7.98. The molecule has 0 unspecified atom stereocenters. The Bertz CT molecular complexity index is 97.0. The summed E-state index contributed by atoms with van der Waals surface area (Å²) < 4.78 is 0. The topological polar surface area (TPSA) is 63.3 Å². The minimum Gasteiger partial charge on any atom is -0.480 e. The first-order chi connectivity index (χ1) is 4.18. The van der Waals surface area contributed by atoms with Crippen LogP contribution in [0.4, 0.5) is 0 Å². The molecule has 0 heterocycles. The summed E-state index contributed by atoms with van der Waals surface area (Å²) >= 11 is 1.60. The summed E-state index contributed by atoms with van der Waals surface area (Å²) in [5.74, 6) is -0.1000. The molecule has 0 saturated carbocycles. The second-order valence-electron chi connectivity index (χ2n) is 1.73. The molecule has 0 bridgehead atoms. The zero-order chi connectivity index (χ0) is 7.28. The maximum atomic E-state index is 10.1. The number of carboxylic acids is 1. The number of nitrogens with two attached hydrogens (primary N) is 1. The lowest BCUT2D eigenvalue weighted by Crippen LogP contribution is -2.30. The van der Waals surface area contributed by atoms with Gasteiger partial charge in [-0.1, -0.05) is 0 Å². The number of rotatable bonds is 4. The Kier molecular flexibility index (Phi) is 4.53. The van der Waals surface area contributed by atoms with Gasteiger partial charge in [-0.25, -0.2) is 0 Å². The molecule has 0 aliphatic rings. The predicted octanol–water partition coefficient (Wildman–Crippen LogP) is 0.151. The maximum absolute atomic E-state index is 10.1. The second kappa shape index (κ2) is 4.64. The SMILES string of the molecule is CSCC[13C@H]([15NH2])C(=O)O. The third kappa shape index (κ3) is 4.29. The molecular formula is C5H11NO2S. The molecule has 0 aliphatic carbocycles. The summed E-state index contributed by atoms with van der Waals surface area (Å²) in [4.78, 5) is 10.1. The molecule has 3 nitrogen and oxygen atoms in total. The number of carbonyl (C=O) groups is 1. The number of aliphatic carboxylic acids is 1. The average Bonchev–Trinajstić information content (AvgIpc) is 1.82. The standard InChI is InChI=1S/C5H11NO2S/c1-9-3-2-4(6)5(7)8/h4H,2-3,6H2,1H3,(H,7,8)/t4-/m0/s1/i4+1,6+1. The molecule has 0 aliphatic heterocycles. The van der Waals surface area contributed by atoms with Crippen LogP contribution in [0.1, 0.15) is 6.42 Å². The summed E-state index contributed by atoms with van der Waals surface area (Å²) in [5, 5.41) is 8.27. The summed E-state index contributed by atoms with van der Waals surface area (Å²) in [6, 6.07) is -0.683. The Balaban J connectivity index is 3.27. The predicted molar refractivity (Wildman–Crippen MR) is 38.6 cm³/mol. The highest BCUT2D eigenvalue weighted by atomic mass is 32.2. The van der Waals surface area contributed by atoms with Gasteiger partial charge in [0.1, 0.15) is 6.04 Å². The van der Waals surface area contributed by atoms with E-state index in [-0.39, 0.29) is 0 Å². The molecule has 0 saturated heterocycles. The molecule has 0 radical (unpaired) electrons. The zero-order valence-electron chi connectivity index (χ0n) is 5.33. The van der Waals surface area contributed by atoms with Gasteiger partial charge in [-0.3, -0.25) is 4.79 Å². The quantitative estimate of drug-likeness (QED) is 0.443. The van der Waals surface area contributed by atoms with E-state index in [0.717, 1.165) is 5.75 Å². The van der Waals surface area contributed by atoms with Crippen LogP contribution in [0.3, 0.4) is 0 Å². The first kappa shape index (κ1) is 8.78. The van der Waals surface area contributed by atoms with Gasteiger partial charge in [-0.05, 0) is 18.4 Å². The summed E-state index contributed by atoms with van der Waals surface area (Å²) in [6.07, 6.45) is 2.48. The monoisotopic (exact) mass is 151 g/mol. The van der Waals surface area contributed by atoms with Crippen molar-refractivity contribution in [3.8, 4) is 0 Å². The van der Waals surface area contributed by atoms with Crippen LogP contribution in [0.2, 0.25) is 0 Å². The first-order valence-electron chi connectivity index (χ1n) is 2.65. The van der Waals surface area contributed by atoms with Crippen LogP contribution in [0.25, 0.3) is 0 Å². The number of thioether (sulfide) groups is 1. The normalized spacial score (nSPS) is 13.1. The molecule has 0 rings (SSSR count). The van der Waals surface area contributed by atoms with E-state index in [1.807, 2.05) is 6.26 Å². The Morgan fingerprint density at radius 3 is 2.78 bits per heavy atom. The van der Waals surface area contributed by atoms with E-state index in [2.05, 4.69) is 0 Å². The van der Waals surface area contributed by atoms with Gasteiger partial charge < -0.3 is 10.8 Å². The van der Waals surface area contributed by atoms with E-state index in [9.17, 15) is 4.79 Å². The Morgan fingerprint density at radius 2 is 2.44 bits per heavy atom. The lowest BCUT2D eigenvalue weighted by Gasteiger charge is -2.02. The van der Waals surface area contributed by atoms with Crippen LogP contribution in [-0.4, -0.2) is 29.1 Å². The molecule has 0 aromatic carbocycles. The van der Waals surface area contributed by atoms with Crippen LogP contribution in [0, 0.1) is 0 Å². The molecule has 4 heteroatoms. The fourth-order valence-electron chi connectivity index (χ4n) is 0.368. The smallest absolute Gasteiger partial charge is 0.320 e. The van der Waals surface area contributed by atoms with Crippen molar-refractivity contribution < 1.29 is 9.90 Å². The van der Waals surface area contributed by atoms with Gasteiger partial charge in [0.05, 0.1) is 0 Å². The van der Waals surface area contributed by atoms with E-state index in [0.29, 0.717) is 6.42 Å². The molecule has 0 aromatic rings. The summed E-state index contributed by atoms with van der Waals surface area (Å²) in [6.45, 7) is 0. The number of carboxylic acid groups (broad SMARTS) is 1. The van der Waals surface area contributed by atoms with Crippen molar-refractivity contribution in [2.75, 3.05) is 12.0 Å². The highest BCUT2D eigenvalue weighted by Gasteiger charge is 2.08. The van der Waals surface area contributed by atoms with Crippen molar-refractivity contribution >= 4 is 17.7 Å². The van der Waals surface area contributed by atoms with E-state index in [4.69, 9.17) is 10.8 Å². The lowest BCUT2D eigenvalue weighted by molar-refractivity contribution is -0.138. The van der Waals surface area contributed by atoms with Gasteiger partial charge in [0, 0.05) is 0 Å². The molecule has 1 atom stereocenters. The first-order valence-corrected chi connectivity index (χ1v) is 4.05. The van der Waals surface area contributed by atoms with E-state index >= 15 is 0 Å². The van der Waals surface area contributed by atoms with E-state index < -0.39 is 12.0 Å². The Morgan fingerprint density at radius 1 is 1.89 bits per heavy atom. The van der Waals surface area contributed by atoms with Crippen LogP contribution >= 0.6 is 11.8 Å². The molecule has 0 aromatic heterocycles. The van der Waals surface area contributed by atoms with E-state index in [1.165, 1.54) is 0 Å². The van der Waals surface area contributed by atoms with Crippen LogP contribution in [0.15, 0.2) is 0 Å². The number of hydrogen-bond donors (Lipinski definition) is 2. The zero-order valence-corrected chi connectivity index (χ0v) is 6.15. The second-order valence-corrected chi connectivity index (χ2v) is 2.71. The number of hydrogen-bond acceptors (Lipinski definition) is 3. The third-order valence-corrected chi connectivity index (χ3v) is 1.59. The van der Waals surface area contributed by atoms with Crippen molar-refractivity contribution in [3.63, 3.8) is 0 Å². The largest absolute Gasteiger partial charge is 0.480 e. The van der Waals surface area contributed by atoms with Crippen molar-refractivity contribution in [2.24, 2.45) is 5.73 Å². The lowest BCUT2D eigenvalue weighted by atomic mass is 10.6. The summed E-state index contributed by atoms with van der Waals surface area (Å²) in [7, 11) is 0. The van der Waals surface area contributed by atoms with Gasteiger partial charge in [-0.2, -0.15) is 11.8 Å². The maximum Gasteiger partial charge on any atom is 0.320 e. The van der Waals surface area contributed by atoms with Gasteiger partial charge in [0.2, 0.25) is 0 Å². The van der Waals surface area contributed by atoms with Crippen LogP contribution in [0.5, 0.6) is 0 Å². The molecule has 3 N–H and O–H groups in total. The molecule has 0 amide bonds. The van der Waals surface area contributed by atoms with Gasteiger partial charge in [0.15, 0.2) is 0 Å². The Hall–Kier alpha value is -0.220. The fourth-order valence-corrected chi connectivity index (χ4v) is 0.858. The summed E-state index contributed by atoms with van der Waals surface area (Å²) in [5.41, 5.74) is 5.19. The van der Waals surface area contributed by atoms with E-state index in [1.54, 1.807) is 11.8 Å². The average molecular weight is 151 g/mol. The molecular weight excluding hydrogens is 140 g/mol. The molecule has 54 valence electrons. The minimum absolute atomic E-state index is 0.552.